The Morgan fingerprint density at radius 3 is 2.18 bits per heavy atom. The third-order valence-electron chi connectivity index (χ3n) is 5.49. The molecule has 0 amide bonds. The second-order valence-corrected chi connectivity index (χ2v) is 6.29. The molecule has 0 aromatic rings. The summed E-state index contributed by atoms with van der Waals surface area (Å²) in [5.41, 5.74) is 0.761. The molecular weight excluding hydrogens is 208 g/mol. The van der Waals surface area contributed by atoms with Crippen molar-refractivity contribution in [2.75, 3.05) is 20.1 Å². The molecule has 1 aliphatic heterocycles. The van der Waals surface area contributed by atoms with Crippen LogP contribution in [0.2, 0.25) is 0 Å². The molecule has 2 nitrogen and oxygen atoms in total. The molecule has 0 aromatic carbocycles. The monoisotopic (exact) mass is 238 g/mol. The van der Waals surface area contributed by atoms with Gasteiger partial charge in [0.25, 0.3) is 0 Å². The van der Waals surface area contributed by atoms with Gasteiger partial charge in [-0.1, -0.05) is 19.8 Å². The number of nitrogens with one attached hydrogen (secondary N) is 1. The number of hydrogen-bond acceptors (Lipinski definition) is 2. The van der Waals surface area contributed by atoms with Gasteiger partial charge >= 0.3 is 0 Å². The van der Waals surface area contributed by atoms with E-state index in [2.05, 4.69) is 31.1 Å². The fourth-order valence-electron chi connectivity index (χ4n) is 4.07. The standard InChI is InChI=1S/C15H30N2/c1-4-14(16-3)13(2)17-11-9-15(10-12-17)7-5-6-8-15/h13-14,16H,4-12H2,1-3H3. The van der Waals surface area contributed by atoms with E-state index in [1.54, 1.807) is 0 Å². The van der Waals surface area contributed by atoms with Crippen LogP contribution >= 0.6 is 0 Å². The summed E-state index contributed by atoms with van der Waals surface area (Å²) in [6, 6.07) is 1.36. The second-order valence-electron chi connectivity index (χ2n) is 6.29. The summed E-state index contributed by atoms with van der Waals surface area (Å²) in [6.45, 7) is 7.36. The van der Waals surface area contributed by atoms with E-state index in [1.807, 2.05) is 0 Å². The number of nitrogens with zero attached hydrogens (tertiary/aromatic N) is 1. The van der Waals surface area contributed by atoms with Gasteiger partial charge in [0.2, 0.25) is 0 Å². The normalized spacial score (nSPS) is 28.4. The maximum atomic E-state index is 3.47. The molecule has 1 aliphatic carbocycles. The van der Waals surface area contributed by atoms with Crippen molar-refractivity contribution in [1.82, 2.24) is 10.2 Å². The molecule has 0 bridgehead atoms. The van der Waals surface area contributed by atoms with Crippen molar-refractivity contribution < 1.29 is 0 Å². The Kier molecular flexibility index (Phi) is 4.48. The van der Waals surface area contributed by atoms with E-state index in [1.165, 1.54) is 58.0 Å². The lowest BCUT2D eigenvalue weighted by Crippen LogP contribution is -2.51. The van der Waals surface area contributed by atoms with Gasteiger partial charge in [-0.15, -0.1) is 0 Å². The molecule has 2 fully saturated rings. The third-order valence-corrected chi connectivity index (χ3v) is 5.49. The predicted molar refractivity (Wildman–Crippen MR) is 74.3 cm³/mol. The molecule has 100 valence electrons. The number of rotatable bonds is 4. The van der Waals surface area contributed by atoms with Gasteiger partial charge in [0, 0.05) is 12.1 Å². The summed E-state index contributed by atoms with van der Waals surface area (Å²) < 4.78 is 0. The average Bonchev–Trinajstić information content (AvgIpc) is 2.80. The van der Waals surface area contributed by atoms with Gasteiger partial charge < -0.3 is 5.32 Å². The van der Waals surface area contributed by atoms with E-state index in [0.717, 1.165) is 5.41 Å². The van der Waals surface area contributed by atoms with Crippen LogP contribution in [0.4, 0.5) is 0 Å². The zero-order chi connectivity index (χ0) is 12.3. The van der Waals surface area contributed by atoms with Crippen LogP contribution in [-0.4, -0.2) is 37.1 Å². The van der Waals surface area contributed by atoms with E-state index in [9.17, 15) is 0 Å². The zero-order valence-electron chi connectivity index (χ0n) is 12.0. The Labute approximate surface area is 107 Å². The lowest BCUT2D eigenvalue weighted by Gasteiger charge is -2.43. The van der Waals surface area contributed by atoms with Crippen molar-refractivity contribution in [3.8, 4) is 0 Å². The third kappa shape index (κ3) is 2.85. The highest BCUT2D eigenvalue weighted by Gasteiger charge is 2.38. The molecule has 2 aliphatic rings. The summed E-state index contributed by atoms with van der Waals surface area (Å²) in [4.78, 5) is 2.72. The summed E-state index contributed by atoms with van der Waals surface area (Å²) in [5, 5.41) is 3.47. The van der Waals surface area contributed by atoms with Crippen LogP contribution in [0, 0.1) is 5.41 Å². The number of hydrogen-bond donors (Lipinski definition) is 1. The first kappa shape index (κ1) is 13.4. The molecule has 1 heterocycles. The smallest absolute Gasteiger partial charge is 0.0220 e. The topological polar surface area (TPSA) is 15.3 Å². The summed E-state index contributed by atoms with van der Waals surface area (Å²) >= 11 is 0. The van der Waals surface area contributed by atoms with E-state index in [-0.39, 0.29) is 0 Å². The van der Waals surface area contributed by atoms with Gasteiger partial charge in [0.15, 0.2) is 0 Å². The van der Waals surface area contributed by atoms with Crippen LogP contribution in [0.25, 0.3) is 0 Å². The SMILES string of the molecule is CCC(NC)C(C)N1CCC2(CCCC2)CC1. The van der Waals surface area contributed by atoms with Gasteiger partial charge in [-0.25, -0.2) is 0 Å². The molecule has 17 heavy (non-hydrogen) atoms. The molecular formula is C15H30N2. The van der Waals surface area contributed by atoms with Crippen molar-refractivity contribution in [3.63, 3.8) is 0 Å². The molecule has 2 rings (SSSR count). The van der Waals surface area contributed by atoms with Crippen LogP contribution in [0.1, 0.15) is 58.8 Å². The van der Waals surface area contributed by atoms with Gasteiger partial charge in [0.05, 0.1) is 0 Å². The van der Waals surface area contributed by atoms with Gasteiger partial charge in [-0.2, -0.15) is 0 Å². The molecule has 1 saturated carbocycles. The minimum Gasteiger partial charge on any atom is -0.315 e. The number of likely N-dealkylation sites (N-methyl/N-ethyl adjacent to an activating group) is 1. The number of likely N-dealkylation sites (tertiary alicyclic amines) is 1. The van der Waals surface area contributed by atoms with E-state index in [4.69, 9.17) is 0 Å². The van der Waals surface area contributed by atoms with Crippen LogP contribution in [0.3, 0.4) is 0 Å². The average molecular weight is 238 g/mol. The molecule has 2 unspecified atom stereocenters. The quantitative estimate of drug-likeness (QED) is 0.810. The van der Waals surface area contributed by atoms with Crippen LogP contribution < -0.4 is 5.32 Å². The fourth-order valence-corrected chi connectivity index (χ4v) is 4.07. The second kappa shape index (κ2) is 5.71. The Hall–Kier alpha value is -0.0800. The van der Waals surface area contributed by atoms with Crippen LogP contribution in [0.15, 0.2) is 0 Å². The first-order chi connectivity index (χ1) is 8.21. The Bertz CT molecular complexity index is 219. The summed E-state index contributed by atoms with van der Waals surface area (Å²) in [6.07, 6.45) is 10.2. The van der Waals surface area contributed by atoms with Crippen LogP contribution in [-0.2, 0) is 0 Å². The van der Waals surface area contributed by atoms with Crippen molar-refractivity contribution in [3.05, 3.63) is 0 Å². The van der Waals surface area contributed by atoms with Crippen molar-refractivity contribution in [2.24, 2.45) is 5.41 Å². The van der Waals surface area contributed by atoms with Crippen molar-refractivity contribution in [1.29, 1.82) is 0 Å². The summed E-state index contributed by atoms with van der Waals surface area (Å²) in [5.74, 6) is 0. The van der Waals surface area contributed by atoms with E-state index >= 15 is 0 Å². The first-order valence-corrected chi connectivity index (χ1v) is 7.62. The molecule has 1 spiro atoms. The Morgan fingerprint density at radius 1 is 1.12 bits per heavy atom. The van der Waals surface area contributed by atoms with Gasteiger partial charge in [-0.3, -0.25) is 4.90 Å². The highest BCUT2D eigenvalue weighted by Crippen LogP contribution is 2.46. The lowest BCUT2D eigenvalue weighted by atomic mass is 9.76. The zero-order valence-corrected chi connectivity index (χ0v) is 12.0. The minimum atomic E-state index is 0.660. The maximum absolute atomic E-state index is 3.47. The Balaban J connectivity index is 1.85. The molecule has 1 saturated heterocycles. The molecule has 2 atom stereocenters. The lowest BCUT2D eigenvalue weighted by molar-refractivity contribution is 0.0678. The van der Waals surface area contributed by atoms with E-state index in [0.29, 0.717) is 12.1 Å². The van der Waals surface area contributed by atoms with E-state index < -0.39 is 0 Å². The van der Waals surface area contributed by atoms with Crippen LogP contribution in [0.5, 0.6) is 0 Å². The number of piperidine rings is 1. The molecule has 0 aromatic heterocycles. The van der Waals surface area contributed by atoms with Crippen molar-refractivity contribution in [2.45, 2.75) is 70.9 Å². The highest BCUT2D eigenvalue weighted by atomic mass is 15.2. The van der Waals surface area contributed by atoms with Gasteiger partial charge in [-0.05, 0) is 64.6 Å². The fraction of sp³-hybridized carbons (Fsp3) is 1.00. The molecule has 0 radical (unpaired) electrons. The first-order valence-electron chi connectivity index (χ1n) is 7.62. The van der Waals surface area contributed by atoms with Gasteiger partial charge in [0.1, 0.15) is 0 Å². The minimum absolute atomic E-state index is 0.660. The molecule has 2 heteroatoms. The Morgan fingerprint density at radius 2 is 1.71 bits per heavy atom. The maximum Gasteiger partial charge on any atom is 0.0220 e. The predicted octanol–water partition coefficient (Wildman–Crippen LogP) is 3.03. The van der Waals surface area contributed by atoms with Crippen molar-refractivity contribution >= 4 is 0 Å². The highest BCUT2D eigenvalue weighted by molar-refractivity contribution is 4.92. The molecule has 1 N–H and O–H groups in total. The summed E-state index contributed by atoms with van der Waals surface area (Å²) in [7, 11) is 2.10. The largest absolute Gasteiger partial charge is 0.315 e.